The lowest BCUT2D eigenvalue weighted by atomic mass is 9.72. The zero-order valence-corrected chi connectivity index (χ0v) is 20.5. The van der Waals surface area contributed by atoms with Crippen molar-refractivity contribution < 1.29 is 9.84 Å². The molecule has 33 heavy (non-hydrogen) atoms. The SMILES string of the molecule is COc1ccc2cc([C@H](CN3CCC(N4CCCCC4)CC3)C3(O)CCCCC3)ccc2c1. The molecule has 1 saturated carbocycles. The molecule has 1 atom stereocenters. The molecule has 5 rings (SSSR count). The number of piperidine rings is 2. The highest BCUT2D eigenvalue weighted by atomic mass is 16.5. The Hall–Kier alpha value is -1.62. The van der Waals surface area contributed by atoms with Gasteiger partial charge < -0.3 is 19.6 Å². The van der Waals surface area contributed by atoms with E-state index >= 15 is 0 Å². The fourth-order valence-electron chi connectivity index (χ4n) is 6.69. The second-order valence-corrected chi connectivity index (χ2v) is 10.8. The summed E-state index contributed by atoms with van der Waals surface area (Å²) in [6.45, 7) is 5.91. The highest BCUT2D eigenvalue weighted by molar-refractivity contribution is 5.84. The van der Waals surface area contributed by atoms with E-state index in [2.05, 4.69) is 40.1 Å². The number of rotatable bonds is 6. The van der Waals surface area contributed by atoms with Crippen molar-refractivity contribution in [3.8, 4) is 5.75 Å². The van der Waals surface area contributed by atoms with Crippen LogP contribution in [-0.2, 0) is 0 Å². The molecule has 2 aliphatic heterocycles. The van der Waals surface area contributed by atoms with Crippen LogP contribution in [0.2, 0.25) is 0 Å². The maximum atomic E-state index is 11.9. The first-order valence-electron chi connectivity index (χ1n) is 13.4. The lowest BCUT2D eigenvalue weighted by molar-refractivity contribution is -0.0343. The number of likely N-dealkylation sites (tertiary alicyclic amines) is 2. The highest BCUT2D eigenvalue weighted by Gasteiger charge is 2.40. The second kappa shape index (κ2) is 10.3. The molecule has 0 amide bonds. The van der Waals surface area contributed by atoms with Crippen molar-refractivity contribution in [2.45, 2.75) is 81.8 Å². The standard InChI is InChI=1S/C29H42N2O2/c1-33-27-11-10-23-20-25(9-8-24(23)21-27)28(29(32)14-4-2-5-15-29)22-30-18-12-26(13-19-30)31-16-6-3-7-17-31/h8-11,20-21,26,28,32H,2-7,12-19,22H2,1H3/t28-/m0/s1. The van der Waals surface area contributed by atoms with Gasteiger partial charge in [0.1, 0.15) is 5.75 Å². The van der Waals surface area contributed by atoms with E-state index in [1.165, 1.54) is 81.0 Å². The van der Waals surface area contributed by atoms with E-state index < -0.39 is 5.60 Å². The van der Waals surface area contributed by atoms with E-state index in [9.17, 15) is 5.11 Å². The number of benzene rings is 2. The number of ether oxygens (including phenoxy) is 1. The van der Waals surface area contributed by atoms with Crippen LogP contribution >= 0.6 is 0 Å². The Morgan fingerprint density at radius 2 is 1.55 bits per heavy atom. The molecule has 2 heterocycles. The molecule has 2 aromatic rings. The van der Waals surface area contributed by atoms with Gasteiger partial charge >= 0.3 is 0 Å². The number of nitrogens with zero attached hydrogens (tertiary/aromatic N) is 2. The van der Waals surface area contributed by atoms with E-state index in [4.69, 9.17) is 4.74 Å². The van der Waals surface area contributed by atoms with Crippen LogP contribution in [0.25, 0.3) is 10.8 Å². The van der Waals surface area contributed by atoms with Crippen LogP contribution in [0.4, 0.5) is 0 Å². The summed E-state index contributed by atoms with van der Waals surface area (Å²) in [5.41, 5.74) is 0.720. The molecule has 2 saturated heterocycles. The Balaban J connectivity index is 1.34. The van der Waals surface area contributed by atoms with Crippen molar-refractivity contribution >= 4 is 10.8 Å². The average Bonchev–Trinajstić information content (AvgIpc) is 2.88. The van der Waals surface area contributed by atoms with E-state index in [-0.39, 0.29) is 5.92 Å². The third-order valence-electron chi connectivity index (χ3n) is 8.75. The topological polar surface area (TPSA) is 35.9 Å². The second-order valence-electron chi connectivity index (χ2n) is 10.8. The largest absolute Gasteiger partial charge is 0.497 e. The first kappa shape index (κ1) is 23.1. The maximum Gasteiger partial charge on any atom is 0.119 e. The van der Waals surface area contributed by atoms with Crippen LogP contribution in [0.15, 0.2) is 36.4 Å². The van der Waals surface area contributed by atoms with Crippen LogP contribution in [0.1, 0.15) is 75.7 Å². The predicted octanol–water partition coefficient (Wildman–Crippen LogP) is 5.58. The van der Waals surface area contributed by atoms with Crippen LogP contribution in [0.5, 0.6) is 5.75 Å². The zero-order chi connectivity index (χ0) is 22.7. The van der Waals surface area contributed by atoms with E-state index in [1.54, 1.807) is 7.11 Å². The molecular weight excluding hydrogens is 408 g/mol. The van der Waals surface area contributed by atoms with Gasteiger partial charge in [0.15, 0.2) is 0 Å². The van der Waals surface area contributed by atoms with Crippen LogP contribution in [0, 0.1) is 0 Å². The van der Waals surface area contributed by atoms with Crippen molar-refractivity contribution in [2.24, 2.45) is 0 Å². The third kappa shape index (κ3) is 5.23. The summed E-state index contributed by atoms with van der Waals surface area (Å²) in [6.07, 6.45) is 12.1. The molecule has 1 N–H and O–H groups in total. The van der Waals surface area contributed by atoms with E-state index in [0.29, 0.717) is 0 Å². The van der Waals surface area contributed by atoms with Gasteiger partial charge in [-0.25, -0.2) is 0 Å². The molecule has 4 nitrogen and oxygen atoms in total. The average molecular weight is 451 g/mol. The van der Waals surface area contributed by atoms with Crippen LogP contribution in [0.3, 0.4) is 0 Å². The molecule has 0 radical (unpaired) electrons. The summed E-state index contributed by atoms with van der Waals surface area (Å²) in [6, 6.07) is 13.9. The van der Waals surface area contributed by atoms with Gasteiger partial charge in [-0.15, -0.1) is 0 Å². The molecule has 0 unspecified atom stereocenters. The number of fused-ring (bicyclic) bond motifs is 1. The van der Waals surface area contributed by atoms with E-state index in [0.717, 1.165) is 44.0 Å². The minimum atomic E-state index is -0.581. The molecule has 3 fully saturated rings. The summed E-state index contributed by atoms with van der Waals surface area (Å²) in [5.74, 6) is 1.07. The highest BCUT2D eigenvalue weighted by Crippen LogP contribution is 2.41. The first-order valence-corrected chi connectivity index (χ1v) is 13.4. The smallest absolute Gasteiger partial charge is 0.119 e. The van der Waals surface area contributed by atoms with Gasteiger partial charge in [0.2, 0.25) is 0 Å². The van der Waals surface area contributed by atoms with Gasteiger partial charge in [0, 0.05) is 18.5 Å². The molecule has 0 bridgehead atoms. The molecule has 0 aromatic heterocycles. The van der Waals surface area contributed by atoms with Crippen molar-refractivity contribution in [2.75, 3.05) is 39.8 Å². The minimum Gasteiger partial charge on any atom is -0.497 e. The summed E-state index contributed by atoms with van der Waals surface area (Å²) in [7, 11) is 1.72. The van der Waals surface area contributed by atoms with Gasteiger partial charge in [0.25, 0.3) is 0 Å². The molecule has 4 heteroatoms. The normalized spacial score (nSPS) is 24.1. The summed E-state index contributed by atoms with van der Waals surface area (Å²) in [5, 5.41) is 14.3. The monoisotopic (exact) mass is 450 g/mol. The number of hydrogen-bond donors (Lipinski definition) is 1. The summed E-state index contributed by atoms with van der Waals surface area (Å²) < 4.78 is 5.41. The first-order chi connectivity index (χ1) is 16.1. The Morgan fingerprint density at radius 1 is 0.879 bits per heavy atom. The number of aliphatic hydroxyl groups is 1. The molecule has 2 aromatic carbocycles. The fraction of sp³-hybridized carbons (Fsp3) is 0.655. The molecule has 1 aliphatic carbocycles. The molecular formula is C29H42N2O2. The Morgan fingerprint density at radius 3 is 2.27 bits per heavy atom. The van der Waals surface area contributed by atoms with Crippen molar-refractivity contribution in [3.63, 3.8) is 0 Å². The van der Waals surface area contributed by atoms with Gasteiger partial charge in [-0.1, -0.05) is 49.9 Å². The van der Waals surface area contributed by atoms with Crippen molar-refractivity contribution in [3.05, 3.63) is 42.0 Å². The molecule has 0 spiro atoms. The summed E-state index contributed by atoms with van der Waals surface area (Å²) >= 11 is 0. The Bertz CT molecular complexity index is 909. The van der Waals surface area contributed by atoms with Gasteiger partial charge in [-0.2, -0.15) is 0 Å². The lowest BCUT2D eigenvalue weighted by Gasteiger charge is -2.45. The molecule has 3 aliphatic rings. The van der Waals surface area contributed by atoms with Crippen LogP contribution in [-0.4, -0.2) is 66.4 Å². The van der Waals surface area contributed by atoms with Gasteiger partial charge in [-0.3, -0.25) is 0 Å². The Labute approximate surface area is 199 Å². The third-order valence-corrected chi connectivity index (χ3v) is 8.75. The summed E-state index contributed by atoms with van der Waals surface area (Å²) in [4.78, 5) is 5.40. The van der Waals surface area contributed by atoms with Gasteiger partial charge in [0.05, 0.1) is 12.7 Å². The zero-order valence-electron chi connectivity index (χ0n) is 20.5. The number of hydrogen-bond acceptors (Lipinski definition) is 4. The lowest BCUT2D eigenvalue weighted by Crippen LogP contribution is -2.50. The number of methoxy groups -OCH3 is 1. The van der Waals surface area contributed by atoms with Gasteiger partial charge in [-0.05, 0) is 93.2 Å². The Kier molecular flexibility index (Phi) is 7.24. The maximum absolute atomic E-state index is 11.9. The predicted molar refractivity (Wildman–Crippen MR) is 136 cm³/mol. The van der Waals surface area contributed by atoms with E-state index in [1.807, 2.05) is 6.07 Å². The molecule has 180 valence electrons. The fourth-order valence-corrected chi connectivity index (χ4v) is 6.69. The quantitative estimate of drug-likeness (QED) is 0.623. The van der Waals surface area contributed by atoms with Crippen molar-refractivity contribution in [1.82, 2.24) is 9.80 Å². The van der Waals surface area contributed by atoms with Crippen LogP contribution < -0.4 is 4.74 Å². The minimum absolute atomic E-state index is 0.177. The van der Waals surface area contributed by atoms with Crippen molar-refractivity contribution in [1.29, 1.82) is 0 Å².